The first-order chi connectivity index (χ1) is 10.4. The highest BCUT2D eigenvalue weighted by atomic mass is 32.2. The van der Waals surface area contributed by atoms with Crippen molar-refractivity contribution in [1.29, 1.82) is 0 Å². The molecule has 0 N–H and O–H groups in total. The molecule has 5 nitrogen and oxygen atoms in total. The Hall–Kier alpha value is -0.950. The Balaban J connectivity index is 1.55. The molecule has 22 heavy (non-hydrogen) atoms. The maximum Gasteiger partial charge on any atom is 0.214 e. The second-order valence-electron chi connectivity index (χ2n) is 6.42. The molecule has 0 aliphatic carbocycles. The van der Waals surface area contributed by atoms with Crippen LogP contribution in [-0.4, -0.2) is 61.8 Å². The van der Waals surface area contributed by atoms with Gasteiger partial charge in [0.25, 0.3) is 0 Å². The van der Waals surface area contributed by atoms with Gasteiger partial charge in [-0.3, -0.25) is 4.90 Å². The van der Waals surface area contributed by atoms with E-state index in [4.69, 9.17) is 4.74 Å². The number of benzene rings is 1. The van der Waals surface area contributed by atoms with Gasteiger partial charge in [-0.15, -0.1) is 0 Å². The van der Waals surface area contributed by atoms with Crippen molar-refractivity contribution < 1.29 is 13.2 Å². The van der Waals surface area contributed by atoms with E-state index in [2.05, 4.69) is 36.2 Å². The second-order valence-corrected chi connectivity index (χ2v) is 8.68. The molecule has 2 fully saturated rings. The van der Waals surface area contributed by atoms with Gasteiger partial charge in [0.2, 0.25) is 10.0 Å². The number of likely N-dealkylation sites (N-methyl/N-ethyl adjacent to an activating group) is 1. The zero-order chi connectivity index (χ0) is 15.8. The minimum Gasteiger partial charge on any atom is -0.371 e. The van der Waals surface area contributed by atoms with Crippen LogP contribution in [0.4, 0.5) is 0 Å². The summed E-state index contributed by atoms with van der Waals surface area (Å²) in [5.41, 5.74) is 1.03. The maximum atomic E-state index is 11.8. The van der Waals surface area contributed by atoms with Gasteiger partial charge in [-0.25, -0.2) is 8.42 Å². The molecule has 0 unspecified atom stereocenters. The minimum absolute atomic E-state index is 0.167. The minimum atomic E-state index is -3.07. The average molecular weight is 324 g/mol. The van der Waals surface area contributed by atoms with Crippen LogP contribution in [0.2, 0.25) is 0 Å². The van der Waals surface area contributed by atoms with Gasteiger partial charge in [-0.2, -0.15) is 4.31 Å². The van der Waals surface area contributed by atoms with Crippen LogP contribution in [-0.2, 0) is 21.3 Å². The predicted molar refractivity (Wildman–Crippen MR) is 86.0 cm³/mol. The van der Waals surface area contributed by atoms with E-state index in [-0.39, 0.29) is 11.4 Å². The Bertz CT molecular complexity index is 612. The van der Waals surface area contributed by atoms with Crippen molar-refractivity contribution in [1.82, 2.24) is 9.21 Å². The van der Waals surface area contributed by atoms with E-state index < -0.39 is 10.0 Å². The first kappa shape index (κ1) is 15.9. The molecule has 1 aromatic carbocycles. The highest BCUT2D eigenvalue weighted by molar-refractivity contribution is 7.89. The largest absolute Gasteiger partial charge is 0.371 e. The molecule has 6 heteroatoms. The summed E-state index contributed by atoms with van der Waals surface area (Å²) in [5, 5.41) is 0. The summed E-state index contributed by atoms with van der Waals surface area (Å²) in [5.74, 6) is 0.167. The summed E-state index contributed by atoms with van der Waals surface area (Å²) in [4.78, 5) is 2.31. The lowest BCUT2D eigenvalue weighted by Gasteiger charge is -2.46. The van der Waals surface area contributed by atoms with Crippen LogP contribution in [0.25, 0.3) is 0 Å². The third-order valence-corrected chi connectivity index (χ3v) is 6.55. The Morgan fingerprint density at radius 3 is 2.64 bits per heavy atom. The smallest absolute Gasteiger partial charge is 0.214 e. The lowest BCUT2D eigenvalue weighted by atomic mass is 9.91. The Morgan fingerprint density at radius 1 is 1.32 bits per heavy atom. The van der Waals surface area contributed by atoms with E-state index >= 15 is 0 Å². The number of hydrogen-bond acceptors (Lipinski definition) is 4. The molecule has 2 heterocycles. The van der Waals surface area contributed by atoms with Gasteiger partial charge in [0.1, 0.15) is 0 Å². The first-order valence-electron chi connectivity index (χ1n) is 7.80. The number of sulfonamides is 1. The zero-order valence-corrected chi connectivity index (χ0v) is 14.1. The first-order valence-corrected chi connectivity index (χ1v) is 9.41. The van der Waals surface area contributed by atoms with Gasteiger partial charge >= 0.3 is 0 Å². The van der Waals surface area contributed by atoms with Gasteiger partial charge in [0.15, 0.2) is 0 Å². The van der Waals surface area contributed by atoms with E-state index in [9.17, 15) is 8.42 Å². The monoisotopic (exact) mass is 324 g/mol. The van der Waals surface area contributed by atoms with Gasteiger partial charge in [-0.05, 0) is 26.0 Å². The molecule has 0 bridgehead atoms. The van der Waals surface area contributed by atoms with E-state index in [1.807, 2.05) is 6.07 Å². The number of hydrogen-bond donors (Lipinski definition) is 0. The Morgan fingerprint density at radius 2 is 2.00 bits per heavy atom. The van der Waals surface area contributed by atoms with Crippen molar-refractivity contribution in [3.8, 4) is 0 Å². The van der Waals surface area contributed by atoms with Crippen molar-refractivity contribution in [2.45, 2.75) is 31.5 Å². The fourth-order valence-electron chi connectivity index (χ4n) is 3.30. The molecule has 1 spiro atoms. The molecule has 0 aromatic heterocycles. The van der Waals surface area contributed by atoms with E-state index in [0.717, 1.165) is 13.0 Å². The van der Waals surface area contributed by atoms with Gasteiger partial charge in [0, 0.05) is 25.7 Å². The summed E-state index contributed by atoms with van der Waals surface area (Å²) >= 11 is 0. The standard InChI is InChI=1S/C16H24N2O3S/c1-3-22(19,20)18-12-16(13-18)9-15(11-21-16)17(2)10-14-7-5-4-6-8-14/h4-8,15H,3,9-13H2,1-2H3/t15-/m0/s1. The normalized spacial score (nSPS) is 24.8. The fraction of sp³-hybridized carbons (Fsp3) is 0.625. The molecule has 0 amide bonds. The van der Waals surface area contributed by atoms with Crippen LogP contribution in [0.15, 0.2) is 30.3 Å². The van der Waals surface area contributed by atoms with Gasteiger partial charge in [0.05, 0.1) is 18.0 Å². The van der Waals surface area contributed by atoms with Crippen LogP contribution in [0.3, 0.4) is 0 Å². The molecular formula is C16H24N2O3S. The molecule has 2 aliphatic heterocycles. The molecule has 3 rings (SSSR count). The molecule has 2 aliphatic rings. The van der Waals surface area contributed by atoms with E-state index in [1.165, 1.54) is 5.56 Å². The Kier molecular flexibility index (Phi) is 4.29. The van der Waals surface area contributed by atoms with Crippen LogP contribution in [0.5, 0.6) is 0 Å². The maximum absolute atomic E-state index is 11.8. The van der Waals surface area contributed by atoms with E-state index in [0.29, 0.717) is 25.7 Å². The summed E-state index contributed by atoms with van der Waals surface area (Å²) in [7, 11) is -0.961. The number of nitrogens with zero attached hydrogens (tertiary/aromatic N) is 2. The van der Waals surface area contributed by atoms with Crippen molar-refractivity contribution in [2.75, 3.05) is 32.5 Å². The SMILES string of the molecule is CCS(=O)(=O)N1CC2(C[C@H](N(C)Cc3ccccc3)CO2)C1. The summed E-state index contributed by atoms with van der Waals surface area (Å²) in [6.45, 7) is 4.29. The average Bonchev–Trinajstić information content (AvgIpc) is 2.92. The molecular weight excluding hydrogens is 300 g/mol. The summed E-state index contributed by atoms with van der Waals surface area (Å²) in [6, 6.07) is 10.7. The Labute approximate surface area is 132 Å². The molecule has 1 aromatic rings. The van der Waals surface area contributed by atoms with Crippen LogP contribution in [0, 0.1) is 0 Å². The molecule has 1 atom stereocenters. The van der Waals surface area contributed by atoms with Crippen LogP contribution < -0.4 is 0 Å². The third-order valence-electron chi connectivity index (χ3n) is 4.77. The third kappa shape index (κ3) is 3.06. The molecule has 0 radical (unpaired) electrons. The van der Waals surface area contributed by atoms with Crippen molar-refractivity contribution in [3.63, 3.8) is 0 Å². The zero-order valence-electron chi connectivity index (χ0n) is 13.2. The molecule has 2 saturated heterocycles. The van der Waals surface area contributed by atoms with E-state index in [1.54, 1.807) is 11.2 Å². The quantitative estimate of drug-likeness (QED) is 0.819. The topological polar surface area (TPSA) is 49.9 Å². The summed E-state index contributed by atoms with van der Waals surface area (Å²) in [6.07, 6.45) is 0.909. The molecule has 122 valence electrons. The predicted octanol–water partition coefficient (Wildman–Crippen LogP) is 1.31. The lowest BCUT2D eigenvalue weighted by molar-refractivity contribution is -0.0773. The van der Waals surface area contributed by atoms with Crippen LogP contribution in [0.1, 0.15) is 18.9 Å². The van der Waals surface area contributed by atoms with Crippen molar-refractivity contribution in [3.05, 3.63) is 35.9 Å². The van der Waals surface area contributed by atoms with Gasteiger partial charge in [-0.1, -0.05) is 30.3 Å². The summed E-state index contributed by atoms with van der Waals surface area (Å²) < 4.78 is 31.2. The van der Waals surface area contributed by atoms with Gasteiger partial charge < -0.3 is 4.74 Å². The molecule has 0 saturated carbocycles. The number of rotatable bonds is 5. The van der Waals surface area contributed by atoms with Crippen molar-refractivity contribution >= 4 is 10.0 Å². The fourth-order valence-corrected chi connectivity index (χ4v) is 4.53. The highest BCUT2D eigenvalue weighted by Crippen LogP contribution is 2.38. The lowest BCUT2D eigenvalue weighted by Crippen LogP contribution is -2.63. The number of ether oxygens (including phenoxy) is 1. The highest BCUT2D eigenvalue weighted by Gasteiger charge is 2.53. The second kappa shape index (κ2) is 5.92. The van der Waals surface area contributed by atoms with Crippen molar-refractivity contribution in [2.24, 2.45) is 0 Å². The van der Waals surface area contributed by atoms with Crippen LogP contribution >= 0.6 is 0 Å².